The highest BCUT2D eigenvalue weighted by Crippen LogP contribution is 2.59. The number of likely N-dealkylation sites (tertiary alicyclic amines) is 1. The molecule has 1 spiro atoms. The molecule has 0 saturated carbocycles. The molecule has 1 N–H and O–H groups in total. The third-order valence-electron chi connectivity index (χ3n) is 7.99. The number of aliphatic hydroxyl groups excluding tert-OH is 1. The highest BCUT2D eigenvalue weighted by molar-refractivity contribution is 6.83. The van der Waals surface area contributed by atoms with Crippen LogP contribution < -0.4 is 4.90 Å². The first kappa shape index (κ1) is 22.3. The lowest BCUT2D eigenvalue weighted by Crippen LogP contribution is -2.58. The van der Waals surface area contributed by atoms with Crippen molar-refractivity contribution >= 4 is 25.6 Å². The van der Waals surface area contributed by atoms with Gasteiger partial charge in [-0.15, -0.1) is 0 Å². The minimum Gasteiger partial charge on any atom is -0.465 e. The average molecular weight is 465 g/mol. The van der Waals surface area contributed by atoms with Crippen LogP contribution >= 0.6 is 0 Å². The van der Waals surface area contributed by atoms with Crippen molar-refractivity contribution in [1.29, 1.82) is 0 Å². The van der Waals surface area contributed by atoms with Gasteiger partial charge in [-0.05, 0) is 42.7 Å². The molecule has 5 rings (SSSR count). The Morgan fingerprint density at radius 2 is 2.06 bits per heavy atom. The summed E-state index contributed by atoms with van der Waals surface area (Å²) >= 11 is 0. The van der Waals surface area contributed by atoms with Gasteiger partial charge in [0.2, 0.25) is 0 Å². The molecule has 4 aliphatic rings. The van der Waals surface area contributed by atoms with Crippen LogP contribution in [0.2, 0.25) is 19.6 Å². The summed E-state index contributed by atoms with van der Waals surface area (Å²) in [4.78, 5) is 30.4. The van der Waals surface area contributed by atoms with Crippen LogP contribution in [-0.2, 0) is 19.7 Å². The van der Waals surface area contributed by atoms with Gasteiger partial charge in [0.05, 0.1) is 27.8 Å². The third kappa shape index (κ3) is 3.13. The highest BCUT2D eigenvalue weighted by atomic mass is 28.3. The van der Waals surface area contributed by atoms with Crippen LogP contribution in [0.5, 0.6) is 0 Å². The first-order chi connectivity index (χ1) is 15.7. The van der Waals surface area contributed by atoms with Crippen molar-refractivity contribution in [2.75, 3.05) is 31.7 Å². The van der Waals surface area contributed by atoms with E-state index in [9.17, 15) is 14.7 Å². The number of amides is 1. The Balaban J connectivity index is 1.62. The number of carbonyl (C=O) groups is 2. The predicted molar refractivity (Wildman–Crippen MR) is 131 cm³/mol. The summed E-state index contributed by atoms with van der Waals surface area (Å²) in [5.41, 5.74) is 3.07. The molecule has 33 heavy (non-hydrogen) atoms. The zero-order chi connectivity index (χ0) is 23.5. The number of nitrogens with zero attached hydrogens (tertiary/aromatic N) is 2. The first-order valence-electron chi connectivity index (χ1n) is 11.7. The van der Waals surface area contributed by atoms with Crippen molar-refractivity contribution in [2.45, 2.75) is 50.0 Å². The van der Waals surface area contributed by atoms with Gasteiger partial charge in [0.25, 0.3) is 5.91 Å². The van der Waals surface area contributed by atoms with E-state index in [1.165, 1.54) is 17.9 Å². The highest BCUT2D eigenvalue weighted by Gasteiger charge is 2.64. The van der Waals surface area contributed by atoms with E-state index >= 15 is 0 Å². The Labute approximate surface area is 196 Å². The van der Waals surface area contributed by atoms with Crippen LogP contribution in [0.15, 0.2) is 58.8 Å². The molecule has 1 aromatic rings. The van der Waals surface area contributed by atoms with Gasteiger partial charge >= 0.3 is 5.97 Å². The summed E-state index contributed by atoms with van der Waals surface area (Å²) in [5.74, 6) is -0.850. The van der Waals surface area contributed by atoms with Crippen molar-refractivity contribution in [1.82, 2.24) is 4.90 Å². The monoisotopic (exact) mass is 464 g/mol. The van der Waals surface area contributed by atoms with E-state index in [-0.39, 0.29) is 35.6 Å². The van der Waals surface area contributed by atoms with Gasteiger partial charge in [0, 0.05) is 23.7 Å². The number of para-hydroxylation sites is 1. The van der Waals surface area contributed by atoms with Crippen LogP contribution in [0, 0.1) is 0 Å². The summed E-state index contributed by atoms with van der Waals surface area (Å²) in [5, 5.41) is 11.0. The standard InChI is InChI=1S/C26H32N2O4Si/c1-32-25(31)19-15-17-9-10-22-26(12-13-27(22)16-18(11-14-29)33(2,3)4)20-7-5-6-8-21(20)28(23(17)26)24(19)30/h5-9,11,15,22-23,29H,10,12-14,16H2,1-4H3/b18-11-/t22-,23-,26+/m0/s1. The fourth-order valence-corrected chi connectivity index (χ4v) is 7.86. The summed E-state index contributed by atoms with van der Waals surface area (Å²) in [6.45, 7) is 8.85. The predicted octanol–water partition coefficient (Wildman–Crippen LogP) is 2.95. The molecule has 3 heterocycles. The van der Waals surface area contributed by atoms with Gasteiger partial charge < -0.3 is 9.84 Å². The second kappa shape index (κ2) is 7.79. The number of hydrogen-bond acceptors (Lipinski definition) is 5. The fourth-order valence-electron chi connectivity index (χ4n) is 6.47. The van der Waals surface area contributed by atoms with Gasteiger partial charge in [-0.1, -0.05) is 55.2 Å². The summed E-state index contributed by atoms with van der Waals surface area (Å²) < 4.78 is 4.92. The minimum atomic E-state index is -1.58. The molecule has 1 fully saturated rings. The van der Waals surface area contributed by atoms with Crippen molar-refractivity contribution in [3.8, 4) is 0 Å². The van der Waals surface area contributed by atoms with E-state index in [1.54, 1.807) is 6.08 Å². The Morgan fingerprint density at radius 1 is 1.30 bits per heavy atom. The number of methoxy groups -OCH3 is 1. The van der Waals surface area contributed by atoms with E-state index in [1.807, 2.05) is 23.1 Å². The van der Waals surface area contributed by atoms with Crippen LogP contribution in [-0.4, -0.2) is 68.8 Å². The molecule has 3 aliphatic heterocycles. The molecule has 174 valence electrons. The molecule has 0 aromatic heterocycles. The first-order valence-corrected chi connectivity index (χ1v) is 15.2. The van der Waals surface area contributed by atoms with E-state index < -0.39 is 14.0 Å². The molecule has 0 radical (unpaired) electrons. The van der Waals surface area contributed by atoms with Crippen molar-refractivity contribution < 1.29 is 19.4 Å². The Hall–Kier alpha value is -2.48. The van der Waals surface area contributed by atoms with Crippen LogP contribution in [0.4, 0.5) is 5.69 Å². The minimum absolute atomic E-state index is 0.0716. The lowest BCUT2D eigenvalue weighted by Gasteiger charge is -2.47. The third-order valence-corrected chi connectivity index (χ3v) is 10.3. The van der Waals surface area contributed by atoms with Gasteiger partial charge in [-0.2, -0.15) is 0 Å². The summed E-state index contributed by atoms with van der Waals surface area (Å²) in [6.07, 6.45) is 7.81. The second-order valence-corrected chi connectivity index (χ2v) is 15.7. The number of anilines is 1. The van der Waals surface area contributed by atoms with Crippen LogP contribution in [0.1, 0.15) is 18.4 Å². The Bertz CT molecular complexity index is 1120. The maximum absolute atomic E-state index is 13.5. The number of carbonyl (C=O) groups excluding carboxylic acids is 2. The largest absolute Gasteiger partial charge is 0.465 e. The molecule has 1 aliphatic carbocycles. The topological polar surface area (TPSA) is 70.1 Å². The SMILES string of the molecule is COC(=O)C1=CC2=CC[C@@H]3N(C/C(=C/CO)[Si](C)(C)C)CC[C@@]34c3ccccc3N(C1=O)[C@@H]24. The lowest BCUT2D eigenvalue weighted by atomic mass is 9.64. The number of rotatable bonds is 5. The summed E-state index contributed by atoms with van der Waals surface area (Å²) in [7, 11) is -0.263. The quantitative estimate of drug-likeness (QED) is 0.412. The number of aliphatic hydroxyl groups is 1. The lowest BCUT2D eigenvalue weighted by molar-refractivity contribution is -0.137. The van der Waals surface area contributed by atoms with Crippen LogP contribution in [0.3, 0.4) is 0 Å². The molecule has 0 unspecified atom stereocenters. The molecular weight excluding hydrogens is 432 g/mol. The second-order valence-electron chi connectivity index (χ2n) is 10.5. The van der Waals surface area contributed by atoms with E-state index in [2.05, 4.69) is 42.7 Å². The van der Waals surface area contributed by atoms with Crippen molar-refractivity contribution in [2.24, 2.45) is 0 Å². The van der Waals surface area contributed by atoms with E-state index in [0.29, 0.717) is 0 Å². The number of esters is 1. The number of ether oxygens (including phenoxy) is 1. The van der Waals surface area contributed by atoms with Crippen LogP contribution in [0.25, 0.3) is 0 Å². The fraction of sp³-hybridized carbons (Fsp3) is 0.462. The zero-order valence-electron chi connectivity index (χ0n) is 19.8. The van der Waals surface area contributed by atoms with Gasteiger partial charge in [0.1, 0.15) is 5.57 Å². The number of hydrogen-bond donors (Lipinski definition) is 1. The smallest absolute Gasteiger partial charge is 0.343 e. The molecule has 1 aromatic carbocycles. The Kier molecular flexibility index (Phi) is 5.27. The molecule has 3 atom stereocenters. The van der Waals surface area contributed by atoms with Gasteiger partial charge in [-0.25, -0.2) is 4.79 Å². The Morgan fingerprint density at radius 3 is 2.76 bits per heavy atom. The summed E-state index contributed by atoms with van der Waals surface area (Å²) in [6, 6.07) is 8.36. The van der Waals surface area contributed by atoms with Crippen molar-refractivity contribution in [3.05, 3.63) is 64.4 Å². The number of fused-ring (bicyclic) bond motifs is 2. The molecule has 6 nitrogen and oxygen atoms in total. The van der Waals surface area contributed by atoms with E-state index in [0.717, 1.165) is 37.2 Å². The molecule has 1 amide bonds. The van der Waals surface area contributed by atoms with Gasteiger partial charge in [-0.3, -0.25) is 14.6 Å². The molecule has 0 bridgehead atoms. The number of benzene rings is 1. The molecule has 7 heteroatoms. The van der Waals surface area contributed by atoms with Crippen molar-refractivity contribution in [3.63, 3.8) is 0 Å². The molecule has 1 saturated heterocycles. The van der Waals surface area contributed by atoms with Gasteiger partial charge in [0.15, 0.2) is 0 Å². The van der Waals surface area contributed by atoms with E-state index in [4.69, 9.17) is 4.74 Å². The maximum Gasteiger partial charge on any atom is 0.343 e. The molecular formula is C26H32N2O4Si. The normalized spacial score (nSPS) is 28.7. The average Bonchev–Trinajstić information content (AvgIpc) is 3.31. The zero-order valence-corrected chi connectivity index (χ0v) is 20.8. The maximum atomic E-state index is 13.5.